The fraction of sp³-hybridized carbons (Fsp3) is 0.909. The van der Waals surface area contributed by atoms with Crippen LogP contribution in [0.15, 0.2) is 0 Å². The van der Waals surface area contributed by atoms with Crippen molar-refractivity contribution in [2.45, 2.75) is 122 Å². The molecular weight excluding hydrogens is 312 g/mol. The molecule has 0 radical (unpaired) electrons. The third kappa shape index (κ3) is 21.1. The quantitative estimate of drug-likeness (QED) is 0.138. The third-order valence-corrected chi connectivity index (χ3v) is 4.73. The Hall–Kier alpha value is -0.860. The van der Waals surface area contributed by atoms with Gasteiger partial charge < -0.3 is 9.53 Å². The lowest BCUT2D eigenvalue weighted by Crippen LogP contribution is -2.05. The predicted octanol–water partition coefficient (Wildman–Crippen LogP) is 6.77. The highest BCUT2D eigenvalue weighted by Gasteiger charge is 2.01. The molecule has 3 nitrogen and oxygen atoms in total. The second-order valence-electron chi connectivity index (χ2n) is 7.23. The summed E-state index contributed by atoms with van der Waals surface area (Å²) in [5.41, 5.74) is 0. The van der Waals surface area contributed by atoms with Gasteiger partial charge in [0.25, 0.3) is 0 Å². The summed E-state index contributed by atoms with van der Waals surface area (Å²) in [4.78, 5) is 21.3. The Morgan fingerprint density at radius 1 is 0.680 bits per heavy atom. The van der Waals surface area contributed by atoms with E-state index in [1.165, 1.54) is 89.9 Å². The Labute approximate surface area is 156 Å². The summed E-state index contributed by atoms with van der Waals surface area (Å²) in [6.45, 7) is 2.78. The first-order chi connectivity index (χ1) is 12.3. The van der Waals surface area contributed by atoms with Crippen LogP contribution in [0.5, 0.6) is 0 Å². The molecule has 25 heavy (non-hydrogen) atoms. The highest BCUT2D eigenvalue weighted by molar-refractivity contribution is 5.72. The van der Waals surface area contributed by atoms with E-state index in [2.05, 4.69) is 6.92 Å². The number of ether oxygens (including phenoxy) is 1. The van der Waals surface area contributed by atoms with Gasteiger partial charge in [-0.15, -0.1) is 0 Å². The van der Waals surface area contributed by atoms with E-state index in [0.29, 0.717) is 6.61 Å². The van der Waals surface area contributed by atoms with Crippen molar-refractivity contribution in [2.75, 3.05) is 6.61 Å². The number of rotatable bonds is 20. The molecule has 0 amide bonds. The molecule has 0 N–H and O–H groups in total. The van der Waals surface area contributed by atoms with Crippen LogP contribution in [-0.4, -0.2) is 18.9 Å². The molecule has 0 aliphatic carbocycles. The maximum atomic E-state index is 11.2. The van der Waals surface area contributed by atoms with E-state index in [1.54, 1.807) is 0 Å². The van der Waals surface area contributed by atoms with Crippen LogP contribution in [-0.2, 0) is 14.3 Å². The summed E-state index contributed by atoms with van der Waals surface area (Å²) < 4.78 is 5.07. The van der Waals surface area contributed by atoms with Crippen molar-refractivity contribution >= 4 is 12.3 Å². The van der Waals surface area contributed by atoms with E-state index in [4.69, 9.17) is 4.74 Å². The van der Waals surface area contributed by atoms with Gasteiger partial charge in [-0.3, -0.25) is 4.79 Å². The van der Waals surface area contributed by atoms with Crippen LogP contribution in [0.1, 0.15) is 122 Å². The number of carbonyl (C=O) groups excluding carboxylic acids is 2. The SMILES string of the molecule is CCCCCCCCCCCCCCCCCCOC(=O)CCC=O. The first kappa shape index (κ1) is 24.1. The third-order valence-electron chi connectivity index (χ3n) is 4.73. The molecule has 0 saturated carbocycles. The number of hydrogen-bond donors (Lipinski definition) is 0. The second-order valence-corrected chi connectivity index (χ2v) is 7.23. The van der Waals surface area contributed by atoms with Gasteiger partial charge in [0.2, 0.25) is 0 Å². The standard InChI is InChI=1S/C22H42O3/c1-2-3-4-5-6-7-8-9-10-11-12-13-14-15-16-17-21-25-22(24)19-18-20-23/h20H,2-19,21H2,1H3. The monoisotopic (exact) mass is 354 g/mol. The van der Waals surface area contributed by atoms with Crippen molar-refractivity contribution in [2.24, 2.45) is 0 Å². The molecule has 3 heteroatoms. The predicted molar refractivity (Wildman–Crippen MR) is 106 cm³/mol. The van der Waals surface area contributed by atoms with Crippen molar-refractivity contribution in [1.82, 2.24) is 0 Å². The molecule has 0 bridgehead atoms. The van der Waals surface area contributed by atoms with Crippen LogP contribution in [0.25, 0.3) is 0 Å². The maximum absolute atomic E-state index is 11.2. The summed E-state index contributed by atoms with van der Waals surface area (Å²) in [6.07, 6.45) is 22.7. The molecule has 0 unspecified atom stereocenters. The normalized spacial score (nSPS) is 10.8. The number of aldehydes is 1. The minimum atomic E-state index is -0.243. The van der Waals surface area contributed by atoms with Crippen LogP contribution in [0.2, 0.25) is 0 Å². The lowest BCUT2D eigenvalue weighted by molar-refractivity contribution is -0.144. The Morgan fingerprint density at radius 3 is 1.48 bits per heavy atom. The molecule has 0 aromatic carbocycles. The number of carbonyl (C=O) groups is 2. The van der Waals surface area contributed by atoms with Gasteiger partial charge in [0, 0.05) is 6.42 Å². The van der Waals surface area contributed by atoms with Crippen LogP contribution in [0.4, 0.5) is 0 Å². The summed E-state index contributed by atoms with van der Waals surface area (Å²) in [7, 11) is 0. The fourth-order valence-corrected chi connectivity index (χ4v) is 3.09. The summed E-state index contributed by atoms with van der Waals surface area (Å²) >= 11 is 0. The highest BCUT2D eigenvalue weighted by Crippen LogP contribution is 2.13. The first-order valence-electron chi connectivity index (χ1n) is 10.9. The van der Waals surface area contributed by atoms with Crippen LogP contribution < -0.4 is 0 Å². The van der Waals surface area contributed by atoms with Crippen LogP contribution >= 0.6 is 0 Å². The molecule has 0 aromatic heterocycles. The zero-order valence-electron chi connectivity index (χ0n) is 16.7. The zero-order chi connectivity index (χ0) is 18.4. The lowest BCUT2D eigenvalue weighted by Gasteiger charge is -2.04. The van der Waals surface area contributed by atoms with E-state index in [9.17, 15) is 9.59 Å². The molecule has 0 aliphatic rings. The summed E-state index contributed by atoms with van der Waals surface area (Å²) in [5.74, 6) is -0.243. The van der Waals surface area contributed by atoms with Gasteiger partial charge in [-0.1, -0.05) is 103 Å². The van der Waals surface area contributed by atoms with Gasteiger partial charge in [0.05, 0.1) is 13.0 Å². The molecule has 0 aliphatic heterocycles. The van der Waals surface area contributed by atoms with Crippen molar-refractivity contribution in [3.8, 4) is 0 Å². The first-order valence-corrected chi connectivity index (χ1v) is 10.9. The van der Waals surface area contributed by atoms with Crippen LogP contribution in [0, 0.1) is 0 Å². The lowest BCUT2D eigenvalue weighted by atomic mass is 10.0. The Kier molecular flexibility index (Phi) is 20.5. The highest BCUT2D eigenvalue weighted by atomic mass is 16.5. The van der Waals surface area contributed by atoms with Gasteiger partial charge >= 0.3 is 5.97 Å². The Balaban J connectivity index is 3.05. The molecule has 148 valence electrons. The van der Waals surface area contributed by atoms with Crippen LogP contribution in [0.3, 0.4) is 0 Å². The zero-order valence-corrected chi connectivity index (χ0v) is 16.7. The molecule has 0 fully saturated rings. The Bertz CT molecular complexity index is 289. The van der Waals surface area contributed by atoms with Crippen molar-refractivity contribution < 1.29 is 14.3 Å². The van der Waals surface area contributed by atoms with E-state index < -0.39 is 0 Å². The largest absolute Gasteiger partial charge is 0.466 e. The van der Waals surface area contributed by atoms with Crippen molar-refractivity contribution in [1.29, 1.82) is 0 Å². The average molecular weight is 355 g/mol. The molecule has 0 aromatic rings. The average Bonchev–Trinajstić information content (AvgIpc) is 2.62. The summed E-state index contributed by atoms with van der Waals surface area (Å²) in [5, 5.41) is 0. The molecule has 0 heterocycles. The van der Waals surface area contributed by atoms with Gasteiger partial charge in [0.15, 0.2) is 0 Å². The van der Waals surface area contributed by atoms with Gasteiger partial charge in [-0.05, 0) is 6.42 Å². The summed E-state index contributed by atoms with van der Waals surface area (Å²) in [6, 6.07) is 0. The number of unbranched alkanes of at least 4 members (excludes halogenated alkanes) is 15. The van der Waals surface area contributed by atoms with Gasteiger partial charge in [-0.25, -0.2) is 0 Å². The van der Waals surface area contributed by atoms with E-state index in [0.717, 1.165) is 19.1 Å². The molecule has 0 saturated heterocycles. The Morgan fingerprint density at radius 2 is 1.08 bits per heavy atom. The fourth-order valence-electron chi connectivity index (χ4n) is 3.09. The minimum absolute atomic E-state index is 0.225. The minimum Gasteiger partial charge on any atom is -0.466 e. The van der Waals surface area contributed by atoms with E-state index in [-0.39, 0.29) is 18.8 Å². The molecule has 0 rings (SSSR count). The van der Waals surface area contributed by atoms with Gasteiger partial charge in [0.1, 0.15) is 6.29 Å². The maximum Gasteiger partial charge on any atom is 0.306 e. The topological polar surface area (TPSA) is 43.4 Å². The second kappa shape index (κ2) is 21.2. The molecular formula is C22H42O3. The van der Waals surface area contributed by atoms with Gasteiger partial charge in [-0.2, -0.15) is 0 Å². The van der Waals surface area contributed by atoms with E-state index in [1.807, 2.05) is 0 Å². The number of esters is 1. The van der Waals surface area contributed by atoms with Crippen molar-refractivity contribution in [3.63, 3.8) is 0 Å². The molecule has 0 spiro atoms. The smallest absolute Gasteiger partial charge is 0.306 e. The number of hydrogen-bond acceptors (Lipinski definition) is 3. The molecule has 0 atom stereocenters. The van der Waals surface area contributed by atoms with E-state index >= 15 is 0 Å². The van der Waals surface area contributed by atoms with Crippen molar-refractivity contribution in [3.05, 3.63) is 0 Å².